The van der Waals surface area contributed by atoms with Gasteiger partial charge in [-0.3, -0.25) is 9.36 Å². The molecule has 31 heavy (non-hydrogen) atoms. The molecule has 0 radical (unpaired) electrons. The van der Waals surface area contributed by atoms with Gasteiger partial charge in [0.15, 0.2) is 11.0 Å². The third-order valence-corrected chi connectivity index (χ3v) is 5.55. The first-order valence-electron chi connectivity index (χ1n) is 9.27. The molecular weight excluding hydrogens is 434 g/mol. The standard InChI is InChI=1S/C22H16ClN5O2S/c23-17-9-8-16(12-24)19(11-17)25-20(29)14-31-22-27-26-21(15-5-2-1-3-6-15)28(22)13-18-7-4-10-30-18/h1-11H,13-14H2,(H,25,29). The zero-order valence-corrected chi connectivity index (χ0v) is 17.7. The van der Waals surface area contributed by atoms with Crippen LogP contribution < -0.4 is 5.32 Å². The molecule has 0 unspecified atom stereocenters. The normalized spacial score (nSPS) is 10.6. The third kappa shape index (κ3) is 4.97. The number of thioether (sulfide) groups is 1. The van der Waals surface area contributed by atoms with Crippen LogP contribution in [0.5, 0.6) is 0 Å². The zero-order valence-electron chi connectivity index (χ0n) is 16.2. The van der Waals surface area contributed by atoms with Crippen molar-refractivity contribution in [3.05, 3.63) is 83.3 Å². The molecule has 0 atom stereocenters. The molecule has 0 saturated heterocycles. The van der Waals surface area contributed by atoms with E-state index in [0.29, 0.717) is 33.8 Å². The quantitative estimate of drug-likeness (QED) is 0.405. The first kappa shape index (κ1) is 20.7. The number of nitrogens with zero attached hydrogens (tertiary/aromatic N) is 4. The van der Waals surface area contributed by atoms with E-state index in [0.717, 1.165) is 11.3 Å². The van der Waals surface area contributed by atoms with Gasteiger partial charge >= 0.3 is 0 Å². The van der Waals surface area contributed by atoms with Crippen LogP contribution in [0.4, 0.5) is 5.69 Å². The van der Waals surface area contributed by atoms with Gasteiger partial charge in [0.05, 0.1) is 29.8 Å². The highest BCUT2D eigenvalue weighted by atomic mass is 35.5. The fourth-order valence-corrected chi connectivity index (χ4v) is 3.84. The molecule has 0 aliphatic heterocycles. The molecule has 2 aromatic heterocycles. The number of amides is 1. The minimum atomic E-state index is -0.280. The second-order valence-electron chi connectivity index (χ2n) is 6.48. The largest absolute Gasteiger partial charge is 0.467 e. The van der Waals surface area contributed by atoms with Crippen molar-refractivity contribution in [3.8, 4) is 17.5 Å². The summed E-state index contributed by atoms with van der Waals surface area (Å²) in [7, 11) is 0. The highest BCUT2D eigenvalue weighted by Crippen LogP contribution is 2.26. The topological polar surface area (TPSA) is 96.7 Å². The van der Waals surface area contributed by atoms with Crippen LogP contribution in [0, 0.1) is 11.3 Å². The number of hydrogen-bond acceptors (Lipinski definition) is 6. The van der Waals surface area contributed by atoms with Crippen molar-refractivity contribution in [3.63, 3.8) is 0 Å². The van der Waals surface area contributed by atoms with E-state index in [1.807, 2.05) is 53.1 Å². The van der Waals surface area contributed by atoms with E-state index in [9.17, 15) is 10.1 Å². The van der Waals surface area contributed by atoms with Gasteiger partial charge in [-0.25, -0.2) is 0 Å². The summed E-state index contributed by atoms with van der Waals surface area (Å²) in [5, 5.41) is 21.6. The van der Waals surface area contributed by atoms with Gasteiger partial charge in [-0.2, -0.15) is 5.26 Å². The van der Waals surface area contributed by atoms with Crippen LogP contribution in [0.2, 0.25) is 5.02 Å². The average Bonchev–Trinajstić information content (AvgIpc) is 3.43. The maximum absolute atomic E-state index is 12.5. The number of nitrogens with one attached hydrogen (secondary N) is 1. The molecule has 7 nitrogen and oxygen atoms in total. The molecule has 0 saturated carbocycles. The van der Waals surface area contributed by atoms with Crippen LogP contribution >= 0.6 is 23.4 Å². The van der Waals surface area contributed by atoms with Crippen LogP contribution in [0.15, 0.2) is 76.5 Å². The lowest BCUT2D eigenvalue weighted by Crippen LogP contribution is -2.15. The molecule has 1 amide bonds. The molecule has 2 heterocycles. The van der Waals surface area contributed by atoms with Gasteiger partial charge in [-0.15, -0.1) is 10.2 Å². The molecule has 1 N–H and O–H groups in total. The maximum atomic E-state index is 12.5. The number of hydrogen-bond donors (Lipinski definition) is 1. The summed E-state index contributed by atoms with van der Waals surface area (Å²) in [5.74, 6) is 1.24. The average molecular weight is 450 g/mol. The van der Waals surface area contributed by atoms with Gasteiger partial charge in [0.25, 0.3) is 0 Å². The number of carbonyl (C=O) groups is 1. The number of furan rings is 1. The summed E-state index contributed by atoms with van der Waals surface area (Å²) in [4.78, 5) is 12.5. The third-order valence-electron chi connectivity index (χ3n) is 4.35. The van der Waals surface area contributed by atoms with E-state index in [2.05, 4.69) is 15.5 Å². The van der Waals surface area contributed by atoms with E-state index in [1.54, 1.807) is 24.5 Å². The number of nitriles is 1. The Morgan fingerprint density at radius 1 is 1.16 bits per heavy atom. The Morgan fingerprint density at radius 2 is 2.00 bits per heavy atom. The van der Waals surface area contributed by atoms with Crippen molar-refractivity contribution < 1.29 is 9.21 Å². The minimum Gasteiger partial charge on any atom is -0.467 e. The molecular formula is C22H16ClN5O2S. The van der Waals surface area contributed by atoms with Crippen LogP contribution in [0.3, 0.4) is 0 Å². The zero-order chi connectivity index (χ0) is 21.6. The number of anilines is 1. The van der Waals surface area contributed by atoms with E-state index in [4.69, 9.17) is 16.0 Å². The summed E-state index contributed by atoms with van der Waals surface area (Å²) < 4.78 is 7.39. The SMILES string of the molecule is N#Cc1ccc(Cl)cc1NC(=O)CSc1nnc(-c2ccccc2)n1Cc1ccco1. The molecule has 0 aliphatic rings. The van der Waals surface area contributed by atoms with E-state index >= 15 is 0 Å². The van der Waals surface area contributed by atoms with Gasteiger partial charge in [-0.05, 0) is 30.3 Å². The van der Waals surface area contributed by atoms with Crippen molar-refractivity contribution in [1.29, 1.82) is 5.26 Å². The van der Waals surface area contributed by atoms with Crippen molar-refractivity contribution in [1.82, 2.24) is 14.8 Å². The Hall–Kier alpha value is -3.54. The summed E-state index contributed by atoms with van der Waals surface area (Å²) in [6.07, 6.45) is 1.61. The predicted octanol–water partition coefficient (Wildman–Crippen LogP) is 4.84. The molecule has 154 valence electrons. The molecule has 0 fully saturated rings. The lowest BCUT2D eigenvalue weighted by Gasteiger charge is -2.10. The van der Waals surface area contributed by atoms with Gasteiger partial charge < -0.3 is 9.73 Å². The summed E-state index contributed by atoms with van der Waals surface area (Å²) in [5.41, 5.74) is 1.63. The Morgan fingerprint density at radius 3 is 2.74 bits per heavy atom. The number of carbonyl (C=O) groups excluding carboxylic acids is 1. The summed E-state index contributed by atoms with van der Waals surface area (Å²) in [6.45, 7) is 0.432. The Labute approximate surface area is 187 Å². The Balaban J connectivity index is 1.53. The van der Waals surface area contributed by atoms with Crippen LogP contribution in [0.1, 0.15) is 11.3 Å². The van der Waals surface area contributed by atoms with Crippen molar-refractivity contribution in [2.24, 2.45) is 0 Å². The lowest BCUT2D eigenvalue weighted by molar-refractivity contribution is -0.113. The van der Waals surface area contributed by atoms with E-state index < -0.39 is 0 Å². The number of rotatable bonds is 7. The Bertz CT molecular complexity index is 1230. The molecule has 9 heteroatoms. The smallest absolute Gasteiger partial charge is 0.234 e. The molecule has 4 rings (SSSR count). The van der Waals surface area contributed by atoms with Crippen LogP contribution in [-0.2, 0) is 11.3 Å². The molecule has 4 aromatic rings. The van der Waals surface area contributed by atoms with Gasteiger partial charge in [-0.1, -0.05) is 53.7 Å². The second-order valence-corrected chi connectivity index (χ2v) is 7.86. The monoisotopic (exact) mass is 449 g/mol. The number of aromatic nitrogens is 3. The summed E-state index contributed by atoms with van der Waals surface area (Å²) in [6, 6.07) is 20.1. The minimum absolute atomic E-state index is 0.0858. The highest BCUT2D eigenvalue weighted by molar-refractivity contribution is 7.99. The van der Waals surface area contributed by atoms with Crippen LogP contribution in [0.25, 0.3) is 11.4 Å². The van der Waals surface area contributed by atoms with Crippen LogP contribution in [-0.4, -0.2) is 26.4 Å². The number of halogens is 1. The fourth-order valence-electron chi connectivity index (χ4n) is 2.93. The van der Waals surface area contributed by atoms with Gasteiger partial charge in [0.2, 0.25) is 5.91 Å². The molecule has 0 bridgehead atoms. The van der Waals surface area contributed by atoms with Gasteiger partial charge in [0, 0.05) is 10.6 Å². The highest BCUT2D eigenvalue weighted by Gasteiger charge is 2.17. The van der Waals surface area contributed by atoms with Crippen molar-refractivity contribution >= 4 is 35.0 Å². The fraction of sp³-hybridized carbons (Fsp3) is 0.0909. The first-order chi connectivity index (χ1) is 15.1. The molecule has 0 aliphatic carbocycles. The van der Waals surface area contributed by atoms with Crippen molar-refractivity contribution in [2.75, 3.05) is 11.1 Å². The molecule has 2 aromatic carbocycles. The van der Waals surface area contributed by atoms with E-state index in [-0.39, 0.29) is 11.7 Å². The second kappa shape index (κ2) is 9.51. The molecule has 0 spiro atoms. The van der Waals surface area contributed by atoms with Gasteiger partial charge in [0.1, 0.15) is 11.8 Å². The first-order valence-corrected chi connectivity index (χ1v) is 10.6. The lowest BCUT2D eigenvalue weighted by atomic mass is 10.2. The predicted molar refractivity (Wildman–Crippen MR) is 119 cm³/mol. The Kier molecular flexibility index (Phi) is 6.36. The van der Waals surface area contributed by atoms with Crippen molar-refractivity contribution in [2.45, 2.75) is 11.7 Å². The maximum Gasteiger partial charge on any atom is 0.234 e. The number of benzene rings is 2. The summed E-state index contributed by atoms with van der Waals surface area (Å²) >= 11 is 7.23. The van der Waals surface area contributed by atoms with E-state index in [1.165, 1.54) is 11.8 Å².